The molecule has 2 aliphatic rings. The lowest BCUT2D eigenvalue weighted by Gasteiger charge is -2.23. The molecule has 0 aromatic carbocycles. The Balaban J connectivity index is 1.60. The predicted octanol–water partition coefficient (Wildman–Crippen LogP) is 1.26. The second-order valence-electron chi connectivity index (χ2n) is 6.27. The van der Waals surface area contributed by atoms with E-state index in [1.54, 1.807) is 0 Å². The van der Waals surface area contributed by atoms with Crippen molar-refractivity contribution in [3.8, 4) is 0 Å². The fraction of sp³-hybridized carbons (Fsp3) is 0.438. The standard InChI is InChI=1S/C16H19N5O/c1-10-5-11-7-21(8-12(11)6-17-10)16(22)15-13-9-20(2)4-3-14(13)18-19-15/h5-6H,3-4,7-9H2,1-2H3,(H,18,19). The van der Waals surface area contributed by atoms with Gasteiger partial charge in [-0.1, -0.05) is 0 Å². The number of hydrogen-bond donors (Lipinski definition) is 1. The van der Waals surface area contributed by atoms with E-state index in [1.807, 2.05) is 18.0 Å². The Labute approximate surface area is 129 Å². The third-order valence-electron chi connectivity index (χ3n) is 4.56. The average Bonchev–Trinajstić information content (AvgIpc) is 3.09. The number of aromatic amines is 1. The van der Waals surface area contributed by atoms with Crippen LogP contribution >= 0.6 is 0 Å². The fourth-order valence-electron chi connectivity index (χ4n) is 3.30. The van der Waals surface area contributed by atoms with E-state index in [0.29, 0.717) is 18.8 Å². The Morgan fingerprint density at radius 1 is 1.27 bits per heavy atom. The molecule has 0 saturated carbocycles. The zero-order valence-corrected chi connectivity index (χ0v) is 12.9. The van der Waals surface area contributed by atoms with Crippen LogP contribution < -0.4 is 0 Å². The quantitative estimate of drug-likeness (QED) is 0.860. The van der Waals surface area contributed by atoms with Gasteiger partial charge in [0.1, 0.15) is 0 Å². The lowest BCUT2D eigenvalue weighted by molar-refractivity contribution is 0.0743. The number of nitrogens with one attached hydrogen (secondary N) is 1. The first-order valence-electron chi connectivity index (χ1n) is 7.60. The lowest BCUT2D eigenvalue weighted by atomic mass is 10.1. The molecule has 0 spiro atoms. The molecule has 6 nitrogen and oxygen atoms in total. The van der Waals surface area contributed by atoms with Crippen LogP contribution in [0.15, 0.2) is 12.3 Å². The summed E-state index contributed by atoms with van der Waals surface area (Å²) < 4.78 is 0. The van der Waals surface area contributed by atoms with E-state index in [-0.39, 0.29) is 5.91 Å². The van der Waals surface area contributed by atoms with Crippen molar-refractivity contribution in [1.82, 2.24) is 25.0 Å². The molecule has 0 atom stereocenters. The largest absolute Gasteiger partial charge is 0.329 e. The number of amides is 1. The van der Waals surface area contributed by atoms with Crippen molar-refractivity contribution in [3.63, 3.8) is 0 Å². The molecular weight excluding hydrogens is 278 g/mol. The maximum Gasteiger partial charge on any atom is 0.275 e. The first-order chi connectivity index (χ1) is 10.6. The van der Waals surface area contributed by atoms with Crippen LogP contribution in [0.2, 0.25) is 0 Å². The molecule has 1 N–H and O–H groups in total. The fourth-order valence-corrected chi connectivity index (χ4v) is 3.30. The summed E-state index contributed by atoms with van der Waals surface area (Å²) in [6.45, 7) is 5.04. The molecule has 0 fully saturated rings. The number of aromatic nitrogens is 3. The Kier molecular flexibility index (Phi) is 3.00. The zero-order valence-electron chi connectivity index (χ0n) is 12.9. The summed E-state index contributed by atoms with van der Waals surface area (Å²) in [4.78, 5) is 21.2. The zero-order chi connectivity index (χ0) is 15.3. The third-order valence-corrected chi connectivity index (χ3v) is 4.56. The van der Waals surface area contributed by atoms with Crippen molar-refractivity contribution in [2.45, 2.75) is 33.0 Å². The SMILES string of the molecule is Cc1cc2c(cn1)CN(C(=O)c1n[nH]c3c1CN(C)CC3)C2. The molecule has 22 heavy (non-hydrogen) atoms. The monoisotopic (exact) mass is 297 g/mol. The smallest absolute Gasteiger partial charge is 0.275 e. The molecule has 2 aliphatic heterocycles. The number of rotatable bonds is 1. The molecule has 114 valence electrons. The number of hydrogen-bond acceptors (Lipinski definition) is 4. The summed E-state index contributed by atoms with van der Waals surface area (Å²) in [5, 5.41) is 7.34. The Hall–Kier alpha value is -2.21. The van der Waals surface area contributed by atoms with Gasteiger partial charge in [0.2, 0.25) is 0 Å². The predicted molar refractivity (Wildman–Crippen MR) is 81.2 cm³/mol. The molecule has 0 bridgehead atoms. The first kappa shape index (κ1) is 13.5. The molecule has 0 radical (unpaired) electrons. The van der Waals surface area contributed by atoms with Crippen LogP contribution in [0, 0.1) is 6.92 Å². The van der Waals surface area contributed by atoms with Crippen LogP contribution in [0.25, 0.3) is 0 Å². The van der Waals surface area contributed by atoms with E-state index in [1.165, 1.54) is 5.56 Å². The van der Waals surface area contributed by atoms with Crippen molar-refractivity contribution >= 4 is 5.91 Å². The molecule has 4 rings (SSSR count). The van der Waals surface area contributed by atoms with Crippen molar-refractivity contribution in [1.29, 1.82) is 0 Å². The molecule has 0 aliphatic carbocycles. The lowest BCUT2D eigenvalue weighted by Crippen LogP contribution is -2.30. The van der Waals surface area contributed by atoms with Crippen LogP contribution in [-0.4, -0.2) is 44.5 Å². The minimum Gasteiger partial charge on any atom is -0.329 e. The maximum absolute atomic E-state index is 12.8. The Morgan fingerprint density at radius 3 is 2.95 bits per heavy atom. The normalized spacial score (nSPS) is 17.5. The summed E-state index contributed by atoms with van der Waals surface area (Å²) in [6.07, 6.45) is 2.81. The molecule has 4 heterocycles. The van der Waals surface area contributed by atoms with E-state index in [2.05, 4.69) is 33.2 Å². The molecule has 0 unspecified atom stereocenters. The van der Waals surface area contributed by atoms with Crippen molar-refractivity contribution < 1.29 is 4.79 Å². The van der Waals surface area contributed by atoms with Gasteiger partial charge < -0.3 is 9.80 Å². The van der Waals surface area contributed by atoms with Gasteiger partial charge in [-0.3, -0.25) is 14.9 Å². The van der Waals surface area contributed by atoms with Crippen molar-refractivity contribution in [2.75, 3.05) is 13.6 Å². The van der Waals surface area contributed by atoms with Gasteiger partial charge in [-0.15, -0.1) is 0 Å². The highest BCUT2D eigenvalue weighted by Gasteiger charge is 2.30. The number of H-pyrrole nitrogens is 1. The number of likely N-dealkylation sites (N-methyl/N-ethyl adjacent to an activating group) is 1. The number of pyridine rings is 1. The Bertz CT molecular complexity index is 751. The molecule has 2 aromatic heterocycles. The van der Waals surface area contributed by atoms with Crippen LogP contribution in [0.5, 0.6) is 0 Å². The summed E-state index contributed by atoms with van der Waals surface area (Å²) in [5.41, 5.74) is 6.08. The van der Waals surface area contributed by atoms with Gasteiger partial charge in [0, 0.05) is 55.7 Å². The van der Waals surface area contributed by atoms with Crippen LogP contribution in [0.4, 0.5) is 0 Å². The van der Waals surface area contributed by atoms with E-state index >= 15 is 0 Å². The van der Waals surface area contributed by atoms with Gasteiger partial charge in [0.25, 0.3) is 5.91 Å². The van der Waals surface area contributed by atoms with Crippen LogP contribution in [-0.2, 0) is 26.1 Å². The molecular formula is C16H19N5O. The summed E-state index contributed by atoms with van der Waals surface area (Å²) in [7, 11) is 2.07. The topological polar surface area (TPSA) is 65.1 Å². The van der Waals surface area contributed by atoms with Crippen LogP contribution in [0.3, 0.4) is 0 Å². The van der Waals surface area contributed by atoms with Gasteiger partial charge in [-0.05, 0) is 31.2 Å². The third kappa shape index (κ3) is 2.11. The van der Waals surface area contributed by atoms with Gasteiger partial charge in [-0.2, -0.15) is 5.10 Å². The first-order valence-corrected chi connectivity index (χ1v) is 7.60. The number of fused-ring (bicyclic) bond motifs is 2. The molecule has 1 amide bonds. The van der Waals surface area contributed by atoms with E-state index in [4.69, 9.17) is 0 Å². The van der Waals surface area contributed by atoms with Gasteiger partial charge in [0.15, 0.2) is 5.69 Å². The van der Waals surface area contributed by atoms with Gasteiger partial charge >= 0.3 is 0 Å². The minimum absolute atomic E-state index is 0.0154. The number of carbonyl (C=O) groups excluding carboxylic acids is 1. The molecule has 6 heteroatoms. The van der Waals surface area contributed by atoms with Gasteiger partial charge in [-0.25, -0.2) is 0 Å². The minimum atomic E-state index is 0.0154. The summed E-state index contributed by atoms with van der Waals surface area (Å²) in [6, 6.07) is 2.07. The van der Waals surface area contributed by atoms with Crippen molar-refractivity contribution in [3.05, 3.63) is 46.0 Å². The highest BCUT2D eigenvalue weighted by Crippen LogP contribution is 2.26. The Morgan fingerprint density at radius 2 is 2.09 bits per heavy atom. The highest BCUT2D eigenvalue weighted by molar-refractivity contribution is 5.94. The second kappa shape index (κ2) is 4.91. The van der Waals surface area contributed by atoms with Crippen LogP contribution in [0.1, 0.15) is 38.6 Å². The average molecular weight is 297 g/mol. The second-order valence-corrected chi connectivity index (χ2v) is 6.27. The van der Waals surface area contributed by atoms with E-state index in [0.717, 1.165) is 42.0 Å². The molecule has 0 saturated heterocycles. The number of nitrogens with zero attached hydrogens (tertiary/aromatic N) is 4. The highest BCUT2D eigenvalue weighted by atomic mass is 16.2. The summed E-state index contributed by atoms with van der Waals surface area (Å²) >= 11 is 0. The van der Waals surface area contributed by atoms with Crippen molar-refractivity contribution in [2.24, 2.45) is 0 Å². The summed E-state index contributed by atoms with van der Waals surface area (Å²) in [5.74, 6) is 0.0154. The number of carbonyl (C=O) groups is 1. The van der Waals surface area contributed by atoms with E-state index < -0.39 is 0 Å². The van der Waals surface area contributed by atoms with E-state index in [9.17, 15) is 4.79 Å². The maximum atomic E-state index is 12.8. The number of aryl methyl sites for hydroxylation is 1. The molecule has 2 aromatic rings. The van der Waals surface area contributed by atoms with Gasteiger partial charge in [0.05, 0.1) is 0 Å².